The molecule has 3 aromatic rings. The average Bonchev–Trinajstić information content (AvgIpc) is 2.79. The molecule has 31 heavy (non-hydrogen) atoms. The Bertz CT molecular complexity index is 1140. The Hall–Kier alpha value is -3.16. The van der Waals surface area contributed by atoms with E-state index in [1.165, 1.54) is 0 Å². The van der Waals surface area contributed by atoms with Crippen LogP contribution >= 0.6 is 0 Å². The Morgan fingerprint density at radius 1 is 0.968 bits per heavy atom. The number of nitrogens with zero attached hydrogens (tertiary/aromatic N) is 1. The molecule has 1 heterocycles. The van der Waals surface area contributed by atoms with Crippen LogP contribution in [0.15, 0.2) is 71.8 Å². The maximum Gasteiger partial charge on any atom is 0.207 e. The average molecular weight is 440 g/mol. The van der Waals surface area contributed by atoms with Gasteiger partial charge in [0, 0.05) is 12.7 Å². The first-order chi connectivity index (χ1) is 15.0. The lowest BCUT2D eigenvalue weighted by Gasteiger charge is -2.15. The zero-order chi connectivity index (χ0) is 22.3. The predicted molar refractivity (Wildman–Crippen MR) is 121 cm³/mol. The Kier molecular flexibility index (Phi) is 7.44. The normalized spacial score (nSPS) is 11.9. The van der Waals surface area contributed by atoms with Crippen LogP contribution in [0.2, 0.25) is 0 Å². The van der Waals surface area contributed by atoms with Gasteiger partial charge in [-0.15, -0.1) is 0 Å². The summed E-state index contributed by atoms with van der Waals surface area (Å²) < 4.78 is 43.0. The van der Waals surface area contributed by atoms with Gasteiger partial charge in [0.05, 0.1) is 35.4 Å². The molecule has 1 aromatic heterocycles. The van der Waals surface area contributed by atoms with Crippen molar-refractivity contribution in [3.63, 3.8) is 0 Å². The van der Waals surface area contributed by atoms with Gasteiger partial charge in [0.15, 0.2) is 0 Å². The Morgan fingerprint density at radius 3 is 2.39 bits per heavy atom. The molecular formula is C24H25NO5S. The van der Waals surface area contributed by atoms with Crippen LogP contribution in [0.1, 0.15) is 16.8 Å². The summed E-state index contributed by atoms with van der Waals surface area (Å²) in [6.07, 6.45) is 3.13. The van der Waals surface area contributed by atoms with E-state index in [0.29, 0.717) is 36.0 Å². The molecule has 6 nitrogen and oxygen atoms in total. The third-order valence-corrected chi connectivity index (χ3v) is 6.52. The van der Waals surface area contributed by atoms with E-state index in [0.717, 1.165) is 5.56 Å². The molecule has 0 atom stereocenters. The highest BCUT2D eigenvalue weighted by atomic mass is 32.2. The zero-order valence-electron chi connectivity index (χ0n) is 17.7. The summed E-state index contributed by atoms with van der Waals surface area (Å²) in [5, 5.41) is 0. The first-order valence-corrected chi connectivity index (χ1v) is 11.2. The molecule has 0 bridgehead atoms. The molecule has 3 rings (SSSR count). The highest BCUT2D eigenvalue weighted by Crippen LogP contribution is 2.34. The number of rotatable bonds is 9. The van der Waals surface area contributed by atoms with Crippen molar-refractivity contribution in [2.24, 2.45) is 0 Å². The fourth-order valence-corrected chi connectivity index (χ4v) is 4.62. The van der Waals surface area contributed by atoms with Gasteiger partial charge < -0.3 is 14.2 Å². The van der Waals surface area contributed by atoms with Crippen molar-refractivity contribution >= 4 is 20.8 Å². The standard InChI is InChI=1S/C24H25NO5S/c1-18-22(10-7-11-23(18)29-3)24(31(26,27)21-8-5-4-6-9-21)16-19-12-13-20(17-25-19)30-15-14-28-2/h4-13,16-17H,14-15H2,1-3H3/b24-16+. The minimum atomic E-state index is -3.81. The van der Waals surface area contributed by atoms with Crippen molar-refractivity contribution in [1.29, 1.82) is 0 Å². The topological polar surface area (TPSA) is 74.7 Å². The van der Waals surface area contributed by atoms with E-state index in [2.05, 4.69) is 4.98 Å². The largest absolute Gasteiger partial charge is 0.496 e. The lowest BCUT2D eigenvalue weighted by Crippen LogP contribution is -2.07. The van der Waals surface area contributed by atoms with Gasteiger partial charge in [-0.1, -0.05) is 30.3 Å². The van der Waals surface area contributed by atoms with Gasteiger partial charge in [0.25, 0.3) is 0 Å². The molecule has 0 aliphatic carbocycles. The smallest absolute Gasteiger partial charge is 0.207 e. The van der Waals surface area contributed by atoms with E-state index in [9.17, 15) is 8.42 Å². The van der Waals surface area contributed by atoms with Gasteiger partial charge in [0.1, 0.15) is 18.1 Å². The number of aromatic nitrogens is 1. The predicted octanol–water partition coefficient (Wildman–Crippen LogP) is 4.40. The van der Waals surface area contributed by atoms with E-state index in [1.54, 1.807) is 87.2 Å². The highest BCUT2D eigenvalue weighted by molar-refractivity contribution is 8.00. The second kappa shape index (κ2) is 10.2. The summed E-state index contributed by atoms with van der Waals surface area (Å²) in [6, 6.07) is 17.2. The molecule has 0 spiro atoms. The highest BCUT2D eigenvalue weighted by Gasteiger charge is 2.24. The molecule has 2 aromatic carbocycles. The van der Waals surface area contributed by atoms with Crippen molar-refractivity contribution < 1.29 is 22.6 Å². The van der Waals surface area contributed by atoms with E-state index in [1.807, 2.05) is 6.92 Å². The van der Waals surface area contributed by atoms with E-state index in [-0.39, 0.29) is 9.80 Å². The van der Waals surface area contributed by atoms with Crippen LogP contribution in [0.5, 0.6) is 11.5 Å². The van der Waals surface area contributed by atoms with Crippen molar-refractivity contribution in [2.45, 2.75) is 11.8 Å². The van der Waals surface area contributed by atoms with Gasteiger partial charge in [-0.05, 0) is 48.9 Å². The van der Waals surface area contributed by atoms with Gasteiger partial charge >= 0.3 is 0 Å². The monoisotopic (exact) mass is 439 g/mol. The molecule has 7 heteroatoms. The van der Waals surface area contributed by atoms with Crippen LogP contribution < -0.4 is 9.47 Å². The summed E-state index contributed by atoms with van der Waals surface area (Å²) in [7, 11) is -0.647. The molecular weight excluding hydrogens is 414 g/mol. The molecule has 0 saturated heterocycles. The summed E-state index contributed by atoms with van der Waals surface area (Å²) >= 11 is 0. The quantitative estimate of drug-likeness (QED) is 0.460. The molecule has 0 unspecified atom stereocenters. The molecule has 0 N–H and O–H groups in total. The summed E-state index contributed by atoms with van der Waals surface area (Å²) in [5.41, 5.74) is 1.79. The van der Waals surface area contributed by atoms with E-state index in [4.69, 9.17) is 14.2 Å². The van der Waals surface area contributed by atoms with Crippen molar-refractivity contribution in [2.75, 3.05) is 27.4 Å². The number of hydrogen-bond acceptors (Lipinski definition) is 6. The number of hydrogen-bond donors (Lipinski definition) is 0. The lowest BCUT2D eigenvalue weighted by molar-refractivity contribution is 0.146. The number of sulfone groups is 1. The molecule has 0 fully saturated rings. The van der Waals surface area contributed by atoms with Crippen LogP contribution in [-0.4, -0.2) is 40.8 Å². The minimum absolute atomic E-state index is 0.149. The third-order valence-electron chi connectivity index (χ3n) is 4.71. The minimum Gasteiger partial charge on any atom is -0.496 e. The lowest BCUT2D eigenvalue weighted by atomic mass is 10.1. The van der Waals surface area contributed by atoms with Gasteiger partial charge in [-0.2, -0.15) is 0 Å². The SMILES string of the molecule is COCCOc1ccc(/C=C(\c2cccc(OC)c2C)S(=O)(=O)c2ccccc2)nc1. The van der Waals surface area contributed by atoms with E-state index >= 15 is 0 Å². The van der Waals surface area contributed by atoms with Crippen LogP contribution in [0.4, 0.5) is 0 Å². The fraction of sp³-hybridized carbons (Fsp3) is 0.208. The van der Waals surface area contributed by atoms with Crippen LogP contribution in [0, 0.1) is 6.92 Å². The van der Waals surface area contributed by atoms with Gasteiger partial charge in [-0.3, -0.25) is 4.98 Å². The first kappa shape index (κ1) is 22.5. The van der Waals surface area contributed by atoms with E-state index < -0.39 is 9.84 Å². The summed E-state index contributed by atoms with van der Waals surface area (Å²) in [5.74, 6) is 1.20. The van der Waals surface area contributed by atoms with Crippen molar-refractivity contribution in [3.8, 4) is 11.5 Å². The first-order valence-electron chi connectivity index (χ1n) is 9.71. The van der Waals surface area contributed by atoms with Crippen LogP contribution in [0.25, 0.3) is 11.0 Å². The third kappa shape index (κ3) is 5.31. The molecule has 0 aliphatic heterocycles. The summed E-state index contributed by atoms with van der Waals surface area (Å²) in [4.78, 5) is 4.72. The van der Waals surface area contributed by atoms with Crippen molar-refractivity contribution in [3.05, 3.63) is 83.7 Å². The molecule has 0 amide bonds. The second-order valence-electron chi connectivity index (χ2n) is 6.72. The number of benzene rings is 2. The maximum absolute atomic E-state index is 13.6. The fourth-order valence-electron chi connectivity index (χ4n) is 3.07. The van der Waals surface area contributed by atoms with Crippen LogP contribution in [0.3, 0.4) is 0 Å². The molecule has 162 valence electrons. The zero-order valence-corrected chi connectivity index (χ0v) is 18.6. The Balaban J connectivity index is 2.09. The van der Waals surface area contributed by atoms with Crippen molar-refractivity contribution in [1.82, 2.24) is 4.98 Å². The van der Waals surface area contributed by atoms with Gasteiger partial charge in [-0.25, -0.2) is 8.42 Å². The molecule has 0 aliphatic rings. The Labute approximate surface area is 183 Å². The molecule has 0 radical (unpaired) electrons. The number of methoxy groups -OCH3 is 2. The molecule has 0 saturated carbocycles. The van der Waals surface area contributed by atoms with Gasteiger partial charge in [0.2, 0.25) is 9.84 Å². The Morgan fingerprint density at radius 2 is 1.74 bits per heavy atom. The maximum atomic E-state index is 13.6. The summed E-state index contributed by atoms with van der Waals surface area (Å²) in [6.45, 7) is 2.71. The second-order valence-corrected chi connectivity index (χ2v) is 8.64. The van der Waals surface area contributed by atoms with Crippen LogP contribution in [-0.2, 0) is 14.6 Å². The number of pyridine rings is 1. The number of ether oxygens (including phenoxy) is 3.